The van der Waals surface area contributed by atoms with E-state index in [4.69, 9.17) is 28.7 Å². The van der Waals surface area contributed by atoms with Crippen LogP contribution < -0.4 is 15.4 Å². The normalized spacial score (nSPS) is 20.2. The minimum Gasteiger partial charge on any atom is -0.491 e. The summed E-state index contributed by atoms with van der Waals surface area (Å²) in [6.07, 6.45) is -0.532. The van der Waals surface area contributed by atoms with Crippen LogP contribution in [0.5, 0.6) is 5.75 Å². The predicted molar refractivity (Wildman–Crippen MR) is 255 cm³/mol. The van der Waals surface area contributed by atoms with Gasteiger partial charge >= 0.3 is 6.18 Å². The predicted octanol–water partition coefficient (Wildman–Crippen LogP) is 5.68. The first-order valence-electron chi connectivity index (χ1n) is 24.4. The third-order valence-corrected chi connectivity index (χ3v) is 13.4. The van der Waals surface area contributed by atoms with Crippen molar-refractivity contribution in [1.82, 2.24) is 29.6 Å². The van der Waals surface area contributed by atoms with Gasteiger partial charge in [0.15, 0.2) is 0 Å². The van der Waals surface area contributed by atoms with Crippen molar-refractivity contribution in [2.45, 2.75) is 63.3 Å². The zero-order valence-corrected chi connectivity index (χ0v) is 39.8. The second-order valence-electron chi connectivity index (χ2n) is 18.3. The lowest BCUT2D eigenvalue weighted by atomic mass is 9.86. The van der Waals surface area contributed by atoms with Gasteiger partial charge in [-0.2, -0.15) is 13.2 Å². The number of anilines is 1. The number of piperazine rings is 1. The van der Waals surface area contributed by atoms with Crippen LogP contribution in [0.3, 0.4) is 0 Å². The highest BCUT2D eigenvalue weighted by molar-refractivity contribution is 6.23. The van der Waals surface area contributed by atoms with Crippen LogP contribution >= 0.6 is 0 Å². The molecular weight excluding hydrogens is 928 g/mol. The minimum atomic E-state index is -4.57. The monoisotopic (exact) mass is 989 g/mol. The number of benzene rings is 3. The van der Waals surface area contributed by atoms with E-state index in [0.717, 1.165) is 93.1 Å². The van der Waals surface area contributed by atoms with E-state index in [9.17, 15) is 37.5 Å². The molecular formula is C51H62F3N7O10. The summed E-state index contributed by atoms with van der Waals surface area (Å²) in [6, 6.07) is 14.3. The van der Waals surface area contributed by atoms with E-state index < -0.39 is 41.4 Å². The fourth-order valence-electron chi connectivity index (χ4n) is 9.52. The van der Waals surface area contributed by atoms with Gasteiger partial charge in [-0.25, -0.2) is 4.98 Å². The Morgan fingerprint density at radius 2 is 1.44 bits per heavy atom. The summed E-state index contributed by atoms with van der Waals surface area (Å²) in [5.74, 6) is -1.15. The molecule has 4 aromatic rings. The number of aromatic nitrogens is 2. The molecule has 17 nitrogen and oxygen atoms in total. The van der Waals surface area contributed by atoms with Gasteiger partial charge in [0.1, 0.15) is 18.4 Å². The van der Waals surface area contributed by atoms with E-state index in [1.165, 1.54) is 18.2 Å². The molecule has 1 aromatic heterocycles. The molecule has 1 unspecified atom stereocenters. The van der Waals surface area contributed by atoms with Crippen LogP contribution in [0, 0.1) is 5.92 Å². The Hall–Kier alpha value is -5.74. The van der Waals surface area contributed by atoms with E-state index in [1.807, 2.05) is 16.7 Å². The first kappa shape index (κ1) is 51.6. The van der Waals surface area contributed by atoms with Gasteiger partial charge in [-0.1, -0.05) is 18.7 Å². The number of hydrogen-bond donors (Lipinski definition) is 3. The molecule has 1 atom stereocenters. The van der Waals surface area contributed by atoms with Gasteiger partial charge in [0, 0.05) is 63.2 Å². The van der Waals surface area contributed by atoms with Crippen molar-refractivity contribution in [2.24, 2.45) is 5.92 Å². The molecule has 1 aliphatic carbocycles. The number of alkyl halides is 3. The van der Waals surface area contributed by atoms with Crippen LogP contribution in [0.4, 0.5) is 19.1 Å². The molecule has 3 aliphatic heterocycles. The van der Waals surface area contributed by atoms with E-state index in [2.05, 4.69) is 33.1 Å². The molecule has 8 rings (SSSR count). The molecule has 0 radical (unpaired) electrons. The Morgan fingerprint density at radius 1 is 0.775 bits per heavy atom. The van der Waals surface area contributed by atoms with Gasteiger partial charge in [0.05, 0.1) is 80.6 Å². The number of piperidine rings is 1. The number of imide groups is 1. The fourth-order valence-corrected chi connectivity index (χ4v) is 9.52. The molecule has 3 N–H and O–H groups in total. The van der Waals surface area contributed by atoms with Crippen LogP contribution in [0.1, 0.15) is 86.8 Å². The van der Waals surface area contributed by atoms with Crippen LogP contribution in [-0.4, -0.2) is 158 Å². The number of nitrogens with one attached hydrogen (secondary N) is 2. The standard InChI is InChI=1S/C51H62F3N7O10/c1-34-5-13-45(47(64)55-34)61-48(65)41-12-11-40(31-42(41)49(61)66)71-28-27-70-26-25-69-24-23-68-22-21-67-20-19-58-15-17-59(18-16-58)32-36-8-14-44-43(29-36)56-50(60(44)39-9-6-35(33-62)7-10-39)57-46(63)37-3-2-4-38(30-37)51(52,53)54/h2-4,8,11-12,14,29-31,35,39,45,62H,1,5-7,9-10,13,15-28,32-33H2,(H,55,64)(H,56,57,63). The molecule has 382 valence electrons. The number of halogens is 3. The van der Waals surface area contributed by atoms with Gasteiger partial charge < -0.3 is 38.7 Å². The highest BCUT2D eigenvalue weighted by Crippen LogP contribution is 2.38. The Balaban J connectivity index is 0.670. The van der Waals surface area contributed by atoms with E-state index in [-0.39, 0.29) is 41.9 Å². The Kier molecular flexibility index (Phi) is 17.5. The zero-order chi connectivity index (χ0) is 49.9. The largest absolute Gasteiger partial charge is 0.491 e. The summed E-state index contributed by atoms with van der Waals surface area (Å²) in [7, 11) is 0. The van der Waals surface area contributed by atoms with Crippen molar-refractivity contribution in [1.29, 1.82) is 0 Å². The van der Waals surface area contributed by atoms with Gasteiger partial charge in [0.2, 0.25) is 11.9 Å². The second kappa shape index (κ2) is 24.1. The first-order valence-corrected chi connectivity index (χ1v) is 24.4. The van der Waals surface area contributed by atoms with Crippen molar-refractivity contribution in [3.8, 4) is 5.75 Å². The van der Waals surface area contributed by atoms with Gasteiger partial charge in [0.25, 0.3) is 17.7 Å². The molecule has 4 aliphatic rings. The highest BCUT2D eigenvalue weighted by Gasteiger charge is 2.44. The summed E-state index contributed by atoms with van der Waals surface area (Å²) in [4.78, 5) is 62.4. The third-order valence-electron chi connectivity index (χ3n) is 13.4. The zero-order valence-electron chi connectivity index (χ0n) is 39.8. The Labute approximate surface area is 410 Å². The maximum atomic E-state index is 13.4. The fraction of sp³-hybridized carbons (Fsp3) is 0.510. The molecule has 2 saturated heterocycles. The van der Waals surface area contributed by atoms with Gasteiger partial charge in [-0.15, -0.1) is 0 Å². The average Bonchev–Trinajstić information content (AvgIpc) is 3.84. The number of hydrogen-bond acceptors (Lipinski definition) is 13. The maximum absolute atomic E-state index is 13.4. The summed E-state index contributed by atoms with van der Waals surface area (Å²) in [5.41, 5.74) is 2.64. The molecule has 20 heteroatoms. The maximum Gasteiger partial charge on any atom is 0.416 e. The molecule has 71 heavy (non-hydrogen) atoms. The lowest BCUT2D eigenvalue weighted by Gasteiger charge is -2.34. The number of aliphatic hydroxyl groups is 1. The van der Waals surface area contributed by atoms with Crippen LogP contribution in [0.2, 0.25) is 0 Å². The first-order chi connectivity index (χ1) is 34.4. The third kappa shape index (κ3) is 13.2. The quantitative estimate of drug-likeness (QED) is 0.0610. The lowest BCUT2D eigenvalue weighted by Crippen LogP contribution is -2.51. The summed E-state index contributed by atoms with van der Waals surface area (Å²) >= 11 is 0. The number of amides is 4. The summed E-state index contributed by atoms with van der Waals surface area (Å²) in [6.45, 7) is 12.6. The number of rotatable bonds is 23. The van der Waals surface area contributed by atoms with Gasteiger partial charge in [-0.05, 0) is 98.5 Å². The van der Waals surface area contributed by atoms with E-state index >= 15 is 0 Å². The minimum absolute atomic E-state index is 0.0152. The number of aliphatic hydroxyl groups excluding tert-OH is 1. The Bertz CT molecular complexity index is 2520. The number of allylic oxidation sites excluding steroid dienone is 1. The number of fused-ring (bicyclic) bond motifs is 2. The number of nitrogens with zero attached hydrogens (tertiary/aromatic N) is 5. The molecule has 0 bridgehead atoms. The molecule has 1 saturated carbocycles. The number of imidazole rings is 1. The second-order valence-corrected chi connectivity index (χ2v) is 18.3. The Morgan fingerprint density at radius 3 is 2.11 bits per heavy atom. The van der Waals surface area contributed by atoms with E-state index in [1.54, 1.807) is 12.1 Å². The molecule has 3 fully saturated rings. The molecule has 4 heterocycles. The lowest BCUT2D eigenvalue weighted by molar-refractivity contribution is -0.137. The topological polar surface area (TPSA) is 186 Å². The summed E-state index contributed by atoms with van der Waals surface area (Å²) in [5, 5.41) is 15.2. The van der Waals surface area contributed by atoms with Crippen molar-refractivity contribution >= 4 is 40.6 Å². The average molecular weight is 990 g/mol. The van der Waals surface area contributed by atoms with Crippen molar-refractivity contribution in [3.63, 3.8) is 0 Å². The number of ether oxygens (including phenoxy) is 5. The summed E-state index contributed by atoms with van der Waals surface area (Å²) < 4.78 is 70.7. The van der Waals surface area contributed by atoms with Crippen molar-refractivity contribution in [2.75, 3.05) is 104 Å². The smallest absolute Gasteiger partial charge is 0.416 e. The van der Waals surface area contributed by atoms with Crippen LogP contribution in [0.25, 0.3) is 11.0 Å². The molecule has 0 spiro atoms. The van der Waals surface area contributed by atoms with Crippen LogP contribution in [-0.2, 0) is 36.5 Å². The van der Waals surface area contributed by atoms with Gasteiger partial charge in [-0.3, -0.25) is 39.2 Å². The number of carbonyl (C=O) groups excluding carboxylic acids is 4. The van der Waals surface area contributed by atoms with E-state index in [0.29, 0.717) is 88.6 Å². The molecule has 3 aromatic carbocycles. The van der Waals surface area contributed by atoms with Crippen molar-refractivity contribution < 1.29 is 61.1 Å². The SMILES string of the molecule is C=C1CCC(N2C(=O)c3ccc(OCCOCCOCCOCCOCCN4CCN(Cc5ccc6c(c5)nc(NC(=O)c5cccc(C(F)(F)F)c5)n6C5CCC(CO)CC5)CC4)cc3C2=O)C(=O)N1. The number of carbonyl (C=O) groups is 4. The van der Waals surface area contributed by atoms with Crippen LogP contribution in [0.15, 0.2) is 72.9 Å². The highest BCUT2D eigenvalue weighted by atomic mass is 19.4. The van der Waals surface area contributed by atoms with Crippen molar-refractivity contribution in [3.05, 3.63) is 101 Å². The molecule has 4 amide bonds.